The molecule has 0 aromatic rings. The van der Waals surface area contributed by atoms with Crippen LogP contribution in [0.5, 0.6) is 0 Å². The fourth-order valence-electron chi connectivity index (χ4n) is 2.60. The molecule has 1 unspecified atom stereocenters. The average molecular weight is 198 g/mol. The van der Waals surface area contributed by atoms with Gasteiger partial charge in [-0.2, -0.15) is 0 Å². The molecule has 1 fully saturated rings. The normalized spacial score (nSPS) is 26.4. The van der Waals surface area contributed by atoms with E-state index in [4.69, 9.17) is 4.74 Å². The van der Waals surface area contributed by atoms with Crippen molar-refractivity contribution in [3.63, 3.8) is 0 Å². The zero-order valence-corrected chi connectivity index (χ0v) is 10.1. The minimum Gasteiger partial charge on any atom is -0.381 e. The monoisotopic (exact) mass is 198 g/mol. The molecule has 0 aromatic carbocycles. The molecular formula is C13H26O. The summed E-state index contributed by atoms with van der Waals surface area (Å²) in [5.74, 6) is 0.926. The van der Waals surface area contributed by atoms with Gasteiger partial charge in [0.1, 0.15) is 0 Å². The van der Waals surface area contributed by atoms with E-state index in [0.29, 0.717) is 5.41 Å². The van der Waals surface area contributed by atoms with Gasteiger partial charge >= 0.3 is 0 Å². The fraction of sp³-hybridized carbons (Fsp3) is 1.00. The predicted octanol–water partition coefficient (Wildman–Crippen LogP) is 4.02. The second-order valence-electron chi connectivity index (χ2n) is 5.53. The van der Waals surface area contributed by atoms with Gasteiger partial charge in [-0.05, 0) is 37.0 Å². The first-order valence-corrected chi connectivity index (χ1v) is 6.22. The Labute approximate surface area is 89.2 Å². The number of hydrogen-bond acceptors (Lipinski definition) is 1. The van der Waals surface area contributed by atoms with Crippen LogP contribution in [0.25, 0.3) is 0 Å². The molecule has 1 atom stereocenters. The molecule has 14 heavy (non-hydrogen) atoms. The van der Waals surface area contributed by atoms with Gasteiger partial charge in [0.05, 0.1) is 0 Å². The second kappa shape index (κ2) is 5.75. The van der Waals surface area contributed by atoms with E-state index in [1.807, 2.05) is 0 Å². The molecule has 0 heterocycles. The minimum absolute atomic E-state index is 0.591. The van der Waals surface area contributed by atoms with Crippen molar-refractivity contribution >= 4 is 0 Å². The maximum absolute atomic E-state index is 5.55. The molecule has 0 bridgehead atoms. The molecule has 84 valence electrons. The van der Waals surface area contributed by atoms with E-state index in [1.165, 1.54) is 32.1 Å². The van der Waals surface area contributed by atoms with Crippen LogP contribution in [0.1, 0.15) is 59.3 Å². The molecular weight excluding hydrogens is 172 g/mol. The standard InChI is InChI=1S/C13H26O/c1-4-9-14-10-7-12-6-5-8-13(2,3)11-12/h12H,4-11H2,1-3H3. The summed E-state index contributed by atoms with van der Waals surface area (Å²) >= 11 is 0. The maximum atomic E-state index is 5.55. The molecule has 1 aliphatic rings. The molecule has 1 aliphatic carbocycles. The summed E-state index contributed by atoms with van der Waals surface area (Å²) in [5.41, 5.74) is 0.591. The molecule has 1 rings (SSSR count). The second-order valence-corrected chi connectivity index (χ2v) is 5.53. The molecule has 0 aliphatic heterocycles. The highest BCUT2D eigenvalue weighted by molar-refractivity contribution is 4.79. The van der Waals surface area contributed by atoms with Crippen molar-refractivity contribution in [2.24, 2.45) is 11.3 Å². The van der Waals surface area contributed by atoms with Crippen LogP contribution in [-0.2, 0) is 4.74 Å². The Hall–Kier alpha value is -0.0400. The lowest BCUT2D eigenvalue weighted by molar-refractivity contribution is 0.0956. The molecule has 1 heteroatoms. The molecule has 0 spiro atoms. The number of ether oxygens (including phenoxy) is 1. The van der Waals surface area contributed by atoms with Crippen molar-refractivity contribution in [1.29, 1.82) is 0 Å². The Morgan fingerprint density at radius 3 is 2.71 bits per heavy atom. The van der Waals surface area contributed by atoms with Crippen LogP contribution >= 0.6 is 0 Å². The topological polar surface area (TPSA) is 9.23 Å². The van der Waals surface area contributed by atoms with E-state index < -0.39 is 0 Å². The Morgan fingerprint density at radius 2 is 2.07 bits per heavy atom. The number of hydrogen-bond donors (Lipinski definition) is 0. The Kier molecular flexibility index (Phi) is 4.94. The fourth-order valence-corrected chi connectivity index (χ4v) is 2.60. The summed E-state index contributed by atoms with van der Waals surface area (Å²) < 4.78 is 5.55. The van der Waals surface area contributed by atoms with Crippen molar-refractivity contribution in [3.8, 4) is 0 Å². The van der Waals surface area contributed by atoms with Crippen LogP contribution in [0.3, 0.4) is 0 Å². The third kappa shape index (κ3) is 4.45. The van der Waals surface area contributed by atoms with Crippen LogP contribution in [0, 0.1) is 11.3 Å². The average Bonchev–Trinajstić information content (AvgIpc) is 2.11. The Bertz CT molecular complexity index is 151. The van der Waals surface area contributed by atoms with Gasteiger partial charge in [0.25, 0.3) is 0 Å². The molecule has 1 saturated carbocycles. The maximum Gasteiger partial charge on any atom is 0.0468 e. The highest BCUT2D eigenvalue weighted by atomic mass is 16.5. The van der Waals surface area contributed by atoms with E-state index in [9.17, 15) is 0 Å². The molecule has 0 N–H and O–H groups in total. The highest BCUT2D eigenvalue weighted by Gasteiger charge is 2.27. The van der Waals surface area contributed by atoms with E-state index in [2.05, 4.69) is 20.8 Å². The summed E-state index contributed by atoms with van der Waals surface area (Å²) in [6.07, 6.45) is 8.10. The van der Waals surface area contributed by atoms with Crippen LogP contribution in [-0.4, -0.2) is 13.2 Å². The van der Waals surface area contributed by atoms with Crippen molar-refractivity contribution < 1.29 is 4.74 Å². The van der Waals surface area contributed by atoms with Gasteiger partial charge in [-0.3, -0.25) is 0 Å². The van der Waals surface area contributed by atoms with Crippen LogP contribution in [0.2, 0.25) is 0 Å². The van der Waals surface area contributed by atoms with Crippen LogP contribution in [0.4, 0.5) is 0 Å². The van der Waals surface area contributed by atoms with Gasteiger partial charge in [0.2, 0.25) is 0 Å². The lowest BCUT2D eigenvalue weighted by Gasteiger charge is -2.35. The Balaban J connectivity index is 2.12. The summed E-state index contributed by atoms with van der Waals surface area (Å²) in [6, 6.07) is 0. The highest BCUT2D eigenvalue weighted by Crippen LogP contribution is 2.39. The molecule has 1 nitrogen and oxygen atoms in total. The summed E-state index contributed by atoms with van der Waals surface area (Å²) in [6.45, 7) is 8.91. The minimum atomic E-state index is 0.591. The largest absolute Gasteiger partial charge is 0.381 e. The summed E-state index contributed by atoms with van der Waals surface area (Å²) in [5, 5.41) is 0. The summed E-state index contributed by atoms with van der Waals surface area (Å²) in [7, 11) is 0. The van der Waals surface area contributed by atoms with Crippen molar-refractivity contribution in [2.45, 2.75) is 59.3 Å². The van der Waals surface area contributed by atoms with Gasteiger partial charge < -0.3 is 4.74 Å². The van der Waals surface area contributed by atoms with Gasteiger partial charge in [-0.1, -0.05) is 33.6 Å². The first kappa shape index (κ1) is 12.0. The van der Waals surface area contributed by atoms with E-state index >= 15 is 0 Å². The summed E-state index contributed by atoms with van der Waals surface area (Å²) in [4.78, 5) is 0. The molecule has 0 aromatic heterocycles. The quantitative estimate of drug-likeness (QED) is 0.606. The first-order valence-electron chi connectivity index (χ1n) is 6.22. The smallest absolute Gasteiger partial charge is 0.0468 e. The van der Waals surface area contributed by atoms with Crippen molar-refractivity contribution in [2.75, 3.05) is 13.2 Å². The van der Waals surface area contributed by atoms with Gasteiger partial charge in [0.15, 0.2) is 0 Å². The third-order valence-electron chi connectivity index (χ3n) is 3.33. The van der Waals surface area contributed by atoms with Crippen molar-refractivity contribution in [3.05, 3.63) is 0 Å². The zero-order chi connectivity index (χ0) is 10.4. The number of rotatable bonds is 5. The van der Waals surface area contributed by atoms with Crippen molar-refractivity contribution in [1.82, 2.24) is 0 Å². The van der Waals surface area contributed by atoms with E-state index in [-0.39, 0.29) is 0 Å². The van der Waals surface area contributed by atoms with E-state index in [0.717, 1.165) is 25.6 Å². The molecule has 0 radical (unpaired) electrons. The van der Waals surface area contributed by atoms with Gasteiger partial charge in [0, 0.05) is 13.2 Å². The SMILES string of the molecule is CCCOCCC1CCCC(C)(C)C1. The molecule has 0 amide bonds. The van der Waals surface area contributed by atoms with Gasteiger partial charge in [-0.15, -0.1) is 0 Å². The predicted molar refractivity (Wildman–Crippen MR) is 61.5 cm³/mol. The van der Waals surface area contributed by atoms with E-state index in [1.54, 1.807) is 0 Å². The lowest BCUT2D eigenvalue weighted by atomic mass is 9.71. The Morgan fingerprint density at radius 1 is 1.29 bits per heavy atom. The van der Waals surface area contributed by atoms with Gasteiger partial charge in [-0.25, -0.2) is 0 Å². The molecule has 0 saturated heterocycles. The third-order valence-corrected chi connectivity index (χ3v) is 3.33. The zero-order valence-electron chi connectivity index (χ0n) is 10.1. The van der Waals surface area contributed by atoms with Crippen LogP contribution in [0.15, 0.2) is 0 Å². The van der Waals surface area contributed by atoms with Crippen LogP contribution < -0.4 is 0 Å². The first-order chi connectivity index (χ1) is 6.64. The lowest BCUT2D eigenvalue weighted by Crippen LogP contribution is -2.23.